The average Bonchev–Trinajstić information content (AvgIpc) is 2.81. The molecule has 0 bridgehead atoms. The number of hydrogen-bond donors (Lipinski definition) is 3. The molecule has 0 radical (unpaired) electrons. The maximum Gasteiger partial charge on any atom is 0.315 e. The molecular weight excluding hydrogens is 297 g/mol. The number of anilines is 1. The van der Waals surface area contributed by atoms with Crippen molar-refractivity contribution in [3.63, 3.8) is 0 Å². The maximum absolute atomic E-state index is 13.4. The van der Waals surface area contributed by atoms with Gasteiger partial charge in [-0.1, -0.05) is 18.9 Å². The van der Waals surface area contributed by atoms with Crippen LogP contribution in [0.1, 0.15) is 44.6 Å². The molecule has 3 N–H and O–H groups in total. The first-order chi connectivity index (χ1) is 11.0. The maximum atomic E-state index is 13.4. The largest absolute Gasteiger partial charge is 0.334 e. The van der Waals surface area contributed by atoms with E-state index in [1.807, 2.05) is 6.92 Å². The second-order valence-electron chi connectivity index (χ2n) is 6.07. The van der Waals surface area contributed by atoms with Gasteiger partial charge in [-0.2, -0.15) is 0 Å². The Hall–Kier alpha value is -2.11. The Balaban J connectivity index is 1.63. The van der Waals surface area contributed by atoms with Crippen molar-refractivity contribution in [3.8, 4) is 0 Å². The van der Waals surface area contributed by atoms with Gasteiger partial charge in [0.05, 0.1) is 6.04 Å². The van der Waals surface area contributed by atoms with Gasteiger partial charge in [0, 0.05) is 23.7 Å². The van der Waals surface area contributed by atoms with Gasteiger partial charge >= 0.3 is 6.03 Å². The summed E-state index contributed by atoms with van der Waals surface area (Å²) in [5.41, 5.74) is 0.989. The number of rotatable bonds is 7. The van der Waals surface area contributed by atoms with Crippen LogP contribution in [0.2, 0.25) is 0 Å². The van der Waals surface area contributed by atoms with Crippen molar-refractivity contribution >= 4 is 17.6 Å². The molecule has 0 aliphatic carbocycles. The highest BCUT2D eigenvalue weighted by Crippen LogP contribution is 2.18. The topological polar surface area (TPSA) is 70.2 Å². The molecule has 0 unspecified atom stereocenters. The summed E-state index contributed by atoms with van der Waals surface area (Å²) >= 11 is 0. The van der Waals surface area contributed by atoms with Gasteiger partial charge in [0.25, 0.3) is 0 Å². The Bertz CT molecular complexity index is 577. The molecule has 2 atom stereocenters. The van der Waals surface area contributed by atoms with Crippen molar-refractivity contribution in [1.82, 2.24) is 10.6 Å². The summed E-state index contributed by atoms with van der Waals surface area (Å²) in [5.74, 6) is -0.410. The summed E-state index contributed by atoms with van der Waals surface area (Å²) in [6, 6.07) is 4.89. The van der Waals surface area contributed by atoms with Crippen LogP contribution >= 0.6 is 0 Å². The van der Waals surface area contributed by atoms with Crippen LogP contribution in [0, 0.1) is 12.7 Å². The summed E-state index contributed by atoms with van der Waals surface area (Å²) in [6.07, 6.45) is 3.99. The minimum absolute atomic E-state index is 0.0945. The van der Waals surface area contributed by atoms with Gasteiger partial charge < -0.3 is 16.0 Å². The van der Waals surface area contributed by atoms with Gasteiger partial charge in [0.15, 0.2) is 0 Å². The molecule has 126 valence electrons. The summed E-state index contributed by atoms with van der Waals surface area (Å²) in [4.78, 5) is 23.1. The smallest absolute Gasteiger partial charge is 0.315 e. The number of nitrogens with one attached hydrogen (secondary N) is 3. The number of carbonyl (C=O) groups excluding carboxylic acids is 2. The molecular formula is C17H24FN3O2. The Morgan fingerprint density at radius 2 is 2.04 bits per heavy atom. The third kappa shape index (κ3) is 4.94. The number of urea groups is 1. The minimum atomic E-state index is -0.316. The Kier molecular flexibility index (Phi) is 5.96. The second-order valence-corrected chi connectivity index (χ2v) is 6.07. The van der Waals surface area contributed by atoms with Crippen molar-refractivity contribution < 1.29 is 14.0 Å². The first-order valence-electron chi connectivity index (χ1n) is 8.09. The molecule has 6 heteroatoms. The molecule has 0 spiro atoms. The van der Waals surface area contributed by atoms with Crippen LogP contribution in [0.15, 0.2) is 18.2 Å². The number of halogens is 1. The van der Waals surface area contributed by atoms with E-state index in [0.717, 1.165) is 25.7 Å². The van der Waals surface area contributed by atoms with Crippen molar-refractivity contribution in [3.05, 3.63) is 29.6 Å². The molecule has 1 saturated heterocycles. The predicted octanol–water partition coefficient (Wildman–Crippen LogP) is 3.09. The molecule has 23 heavy (non-hydrogen) atoms. The van der Waals surface area contributed by atoms with Gasteiger partial charge in [-0.15, -0.1) is 0 Å². The lowest BCUT2D eigenvalue weighted by molar-refractivity contribution is -0.116. The highest BCUT2D eigenvalue weighted by atomic mass is 19.1. The zero-order valence-corrected chi connectivity index (χ0v) is 13.6. The molecule has 1 aromatic carbocycles. The van der Waals surface area contributed by atoms with E-state index in [4.69, 9.17) is 0 Å². The van der Waals surface area contributed by atoms with E-state index in [9.17, 15) is 14.0 Å². The first-order valence-corrected chi connectivity index (χ1v) is 8.09. The Morgan fingerprint density at radius 1 is 1.26 bits per heavy atom. The monoisotopic (exact) mass is 321 g/mol. The number of hydrogen-bond acceptors (Lipinski definition) is 2. The van der Waals surface area contributed by atoms with Crippen LogP contribution in [0.25, 0.3) is 0 Å². The second kappa shape index (κ2) is 7.94. The fraction of sp³-hybridized carbons (Fsp3) is 0.529. The lowest BCUT2D eigenvalue weighted by atomic mass is 10.0. The normalized spacial score (nSPS) is 20.0. The van der Waals surface area contributed by atoms with Gasteiger partial charge in [0.1, 0.15) is 5.82 Å². The number of benzene rings is 1. The van der Waals surface area contributed by atoms with Crippen molar-refractivity contribution in [2.24, 2.45) is 0 Å². The average molecular weight is 321 g/mol. The summed E-state index contributed by atoms with van der Waals surface area (Å²) in [5, 5.41) is 8.45. The van der Waals surface area contributed by atoms with Crippen LogP contribution in [0.3, 0.4) is 0 Å². The van der Waals surface area contributed by atoms with Crippen molar-refractivity contribution in [2.75, 3.05) is 5.32 Å². The van der Waals surface area contributed by atoms with Gasteiger partial charge in [0.2, 0.25) is 5.91 Å². The summed E-state index contributed by atoms with van der Waals surface area (Å²) < 4.78 is 13.4. The van der Waals surface area contributed by atoms with E-state index in [1.165, 1.54) is 6.07 Å². The molecule has 1 heterocycles. The SMILES string of the molecule is Cc1c(F)cccc1NC(=O)CCCCC[C@H]1NC(=O)N[C@H]1C. The molecule has 5 nitrogen and oxygen atoms in total. The van der Waals surface area contributed by atoms with Gasteiger partial charge in [-0.3, -0.25) is 4.79 Å². The van der Waals surface area contributed by atoms with Crippen LogP contribution in [0.4, 0.5) is 14.9 Å². The third-order valence-electron chi connectivity index (χ3n) is 4.24. The molecule has 3 amide bonds. The van der Waals surface area contributed by atoms with Crippen LogP contribution in [-0.4, -0.2) is 24.0 Å². The lowest BCUT2D eigenvalue weighted by Crippen LogP contribution is -2.30. The van der Waals surface area contributed by atoms with Crippen LogP contribution < -0.4 is 16.0 Å². The van der Waals surface area contributed by atoms with E-state index < -0.39 is 0 Å². The van der Waals surface area contributed by atoms with E-state index in [-0.39, 0.29) is 29.8 Å². The van der Waals surface area contributed by atoms with Crippen LogP contribution in [-0.2, 0) is 4.79 Å². The minimum Gasteiger partial charge on any atom is -0.334 e. The Labute approximate surface area is 136 Å². The highest BCUT2D eigenvalue weighted by molar-refractivity contribution is 5.91. The molecule has 1 aromatic rings. The van der Waals surface area contributed by atoms with Crippen molar-refractivity contribution in [1.29, 1.82) is 0 Å². The third-order valence-corrected chi connectivity index (χ3v) is 4.24. The number of carbonyl (C=O) groups is 2. The van der Waals surface area contributed by atoms with E-state index in [1.54, 1.807) is 19.1 Å². The van der Waals surface area contributed by atoms with E-state index in [2.05, 4.69) is 16.0 Å². The van der Waals surface area contributed by atoms with Gasteiger partial charge in [-0.25, -0.2) is 9.18 Å². The quantitative estimate of drug-likeness (QED) is 0.675. The molecule has 2 rings (SSSR count). The molecule has 0 saturated carbocycles. The van der Waals surface area contributed by atoms with Gasteiger partial charge in [-0.05, 0) is 38.8 Å². The Morgan fingerprint density at radius 3 is 2.74 bits per heavy atom. The summed E-state index contributed by atoms with van der Waals surface area (Å²) in [6.45, 7) is 3.63. The highest BCUT2D eigenvalue weighted by Gasteiger charge is 2.26. The predicted molar refractivity (Wildman–Crippen MR) is 87.8 cm³/mol. The fourth-order valence-corrected chi connectivity index (χ4v) is 2.75. The molecule has 0 aromatic heterocycles. The fourth-order valence-electron chi connectivity index (χ4n) is 2.75. The first kappa shape index (κ1) is 17.2. The van der Waals surface area contributed by atoms with Crippen molar-refractivity contribution in [2.45, 2.75) is 58.0 Å². The molecule has 1 aliphatic rings. The summed E-state index contributed by atoms with van der Waals surface area (Å²) in [7, 11) is 0. The molecule has 1 aliphatic heterocycles. The number of unbranched alkanes of at least 4 members (excludes halogenated alkanes) is 2. The standard InChI is InChI=1S/C17H24FN3O2/c1-11-13(18)7-6-9-14(11)20-16(22)10-5-3-4-8-15-12(2)19-17(23)21-15/h6-7,9,12,15H,3-5,8,10H2,1-2H3,(H,20,22)(H2,19,21,23)/t12-,15+/m0/s1. The molecule has 1 fully saturated rings. The number of amides is 3. The lowest BCUT2D eigenvalue weighted by Gasteiger charge is -2.13. The van der Waals surface area contributed by atoms with E-state index >= 15 is 0 Å². The van der Waals surface area contributed by atoms with Crippen LogP contribution in [0.5, 0.6) is 0 Å². The zero-order valence-electron chi connectivity index (χ0n) is 13.6. The zero-order chi connectivity index (χ0) is 16.8. The van der Waals surface area contributed by atoms with E-state index in [0.29, 0.717) is 17.7 Å².